The third-order valence-corrected chi connectivity index (χ3v) is 6.27. The summed E-state index contributed by atoms with van der Waals surface area (Å²) in [5.74, 6) is 1.40. The first-order valence-electron chi connectivity index (χ1n) is 10.8. The zero-order valence-corrected chi connectivity index (χ0v) is 17.6. The number of hydrogen-bond acceptors (Lipinski definition) is 2. The molecular formula is C26H30N2O. The van der Waals surface area contributed by atoms with Gasteiger partial charge in [-0.3, -0.25) is 4.79 Å². The predicted octanol–water partition coefficient (Wildman–Crippen LogP) is 6.46. The predicted molar refractivity (Wildman–Crippen MR) is 118 cm³/mol. The monoisotopic (exact) mass is 386 g/mol. The minimum absolute atomic E-state index is 0.104. The van der Waals surface area contributed by atoms with Crippen molar-refractivity contribution in [1.29, 1.82) is 0 Å². The highest BCUT2D eigenvalue weighted by Gasteiger charge is 2.35. The van der Waals surface area contributed by atoms with Crippen molar-refractivity contribution in [1.82, 2.24) is 9.78 Å². The Morgan fingerprint density at radius 1 is 1.03 bits per heavy atom. The molecule has 0 radical (unpaired) electrons. The number of aryl methyl sites for hydroxylation is 1. The molecule has 0 saturated heterocycles. The molecule has 2 atom stereocenters. The van der Waals surface area contributed by atoms with Gasteiger partial charge in [-0.15, -0.1) is 0 Å². The van der Waals surface area contributed by atoms with E-state index in [-0.39, 0.29) is 5.91 Å². The van der Waals surface area contributed by atoms with E-state index in [1.807, 2.05) is 36.4 Å². The van der Waals surface area contributed by atoms with Crippen molar-refractivity contribution in [3.63, 3.8) is 0 Å². The van der Waals surface area contributed by atoms with Gasteiger partial charge in [0.2, 0.25) is 5.91 Å². The Morgan fingerprint density at radius 2 is 1.69 bits per heavy atom. The smallest absolute Gasteiger partial charge is 0.247 e. The lowest BCUT2D eigenvalue weighted by Gasteiger charge is -2.30. The number of fused-ring (bicyclic) bond motifs is 1. The van der Waals surface area contributed by atoms with Crippen molar-refractivity contribution in [2.45, 2.75) is 58.3 Å². The maximum atomic E-state index is 13.3. The Hall–Kier alpha value is -2.68. The summed E-state index contributed by atoms with van der Waals surface area (Å²) < 4.78 is 1.76. The van der Waals surface area contributed by atoms with Crippen LogP contribution in [0.1, 0.15) is 73.5 Å². The van der Waals surface area contributed by atoms with E-state index < -0.39 is 0 Å². The maximum absolute atomic E-state index is 13.3. The van der Waals surface area contributed by atoms with E-state index in [0.29, 0.717) is 24.2 Å². The summed E-state index contributed by atoms with van der Waals surface area (Å²) >= 11 is 0. The van der Waals surface area contributed by atoms with Crippen molar-refractivity contribution >= 4 is 5.91 Å². The average Bonchev–Trinajstić information content (AvgIpc) is 3.15. The molecule has 3 nitrogen and oxygen atoms in total. The van der Waals surface area contributed by atoms with Crippen LogP contribution in [0.3, 0.4) is 0 Å². The van der Waals surface area contributed by atoms with Gasteiger partial charge in [-0.1, -0.05) is 81.4 Å². The molecule has 0 bridgehead atoms. The van der Waals surface area contributed by atoms with Gasteiger partial charge in [0.15, 0.2) is 0 Å². The molecule has 0 N–H and O–H groups in total. The first kappa shape index (κ1) is 19.6. The molecule has 1 aromatic heterocycles. The molecule has 0 spiro atoms. The quantitative estimate of drug-likeness (QED) is 0.504. The molecular weight excluding hydrogens is 356 g/mol. The van der Waals surface area contributed by atoms with Crippen molar-refractivity contribution in [3.05, 3.63) is 77.5 Å². The second-order valence-corrected chi connectivity index (χ2v) is 8.63. The van der Waals surface area contributed by atoms with Gasteiger partial charge in [-0.05, 0) is 36.7 Å². The SMILES string of the molecule is CC(C)[C@@H]1CC[C@@H](C)c2c(-c3ccccc3)nn(C(=O)CCc3ccccc3)c21. The summed E-state index contributed by atoms with van der Waals surface area (Å²) in [6, 6.07) is 20.6. The first-order valence-corrected chi connectivity index (χ1v) is 10.8. The van der Waals surface area contributed by atoms with Crippen LogP contribution in [0.2, 0.25) is 0 Å². The Morgan fingerprint density at radius 3 is 2.34 bits per heavy atom. The Balaban J connectivity index is 1.75. The van der Waals surface area contributed by atoms with Gasteiger partial charge in [0.25, 0.3) is 0 Å². The van der Waals surface area contributed by atoms with Gasteiger partial charge >= 0.3 is 0 Å². The van der Waals surface area contributed by atoms with E-state index in [1.165, 1.54) is 11.1 Å². The molecule has 0 unspecified atom stereocenters. The summed E-state index contributed by atoms with van der Waals surface area (Å²) in [5, 5.41) is 4.92. The molecule has 150 valence electrons. The number of benzene rings is 2. The number of hydrogen-bond donors (Lipinski definition) is 0. The van der Waals surface area contributed by atoms with Crippen molar-refractivity contribution in [3.8, 4) is 11.3 Å². The second-order valence-electron chi connectivity index (χ2n) is 8.63. The maximum Gasteiger partial charge on any atom is 0.247 e. The molecule has 1 aliphatic rings. The summed E-state index contributed by atoms with van der Waals surface area (Å²) in [5.41, 5.74) is 5.74. The van der Waals surface area contributed by atoms with Crippen LogP contribution in [-0.4, -0.2) is 15.7 Å². The normalized spacial score (nSPS) is 18.6. The Labute approximate surface area is 173 Å². The van der Waals surface area contributed by atoms with Crippen LogP contribution >= 0.6 is 0 Å². The third kappa shape index (κ3) is 3.91. The van der Waals surface area contributed by atoms with Crippen LogP contribution in [0.25, 0.3) is 11.3 Å². The molecule has 0 fully saturated rings. The average molecular weight is 387 g/mol. The van der Waals surface area contributed by atoms with E-state index in [9.17, 15) is 4.79 Å². The van der Waals surface area contributed by atoms with Crippen LogP contribution in [0, 0.1) is 5.92 Å². The van der Waals surface area contributed by atoms with E-state index >= 15 is 0 Å². The molecule has 29 heavy (non-hydrogen) atoms. The largest absolute Gasteiger partial charge is 0.273 e. The lowest BCUT2D eigenvalue weighted by Crippen LogP contribution is -2.24. The van der Waals surface area contributed by atoms with Gasteiger partial charge < -0.3 is 0 Å². The fraction of sp³-hybridized carbons (Fsp3) is 0.385. The Bertz CT molecular complexity index is 973. The fourth-order valence-electron chi connectivity index (χ4n) is 4.65. The highest BCUT2D eigenvalue weighted by molar-refractivity contribution is 5.81. The molecule has 0 aliphatic heterocycles. The highest BCUT2D eigenvalue weighted by atomic mass is 16.2. The molecule has 1 heterocycles. The van der Waals surface area contributed by atoms with Crippen LogP contribution < -0.4 is 0 Å². The second kappa shape index (κ2) is 8.36. The van der Waals surface area contributed by atoms with Gasteiger partial charge in [-0.25, -0.2) is 4.68 Å². The fourth-order valence-corrected chi connectivity index (χ4v) is 4.65. The van der Waals surface area contributed by atoms with Gasteiger partial charge in [0.05, 0.1) is 11.4 Å². The van der Waals surface area contributed by atoms with Crippen LogP contribution in [0.5, 0.6) is 0 Å². The number of carbonyl (C=O) groups excluding carboxylic acids is 1. The van der Waals surface area contributed by atoms with E-state index in [0.717, 1.165) is 36.2 Å². The van der Waals surface area contributed by atoms with Crippen LogP contribution in [0.4, 0.5) is 0 Å². The van der Waals surface area contributed by atoms with Crippen molar-refractivity contribution in [2.75, 3.05) is 0 Å². The standard InChI is InChI=1S/C26H30N2O/c1-18(2)22-16-14-19(3)24-25(21-12-8-5-9-13-21)27-28(26(22)24)23(29)17-15-20-10-6-4-7-11-20/h4-13,18-19,22H,14-17H2,1-3H3/t19-,22+/m1/s1. The minimum atomic E-state index is 0.104. The third-order valence-electron chi connectivity index (χ3n) is 6.27. The molecule has 0 amide bonds. The zero-order valence-electron chi connectivity index (χ0n) is 17.6. The number of rotatable bonds is 5. The lowest BCUT2D eigenvalue weighted by molar-refractivity contribution is 0.0879. The summed E-state index contributed by atoms with van der Waals surface area (Å²) in [7, 11) is 0. The lowest BCUT2D eigenvalue weighted by atomic mass is 9.75. The number of nitrogens with zero attached hydrogens (tertiary/aromatic N) is 2. The number of carbonyl (C=O) groups is 1. The molecule has 3 aromatic rings. The first-order chi connectivity index (χ1) is 14.1. The van der Waals surface area contributed by atoms with E-state index in [2.05, 4.69) is 45.0 Å². The van der Waals surface area contributed by atoms with Crippen molar-refractivity contribution in [2.24, 2.45) is 5.92 Å². The summed E-state index contributed by atoms with van der Waals surface area (Å²) in [6.45, 7) is 6.80. The molecule has 3 heteroatoms. The van der Waals surface area contributed by atoms with Gasteiger partial charge in [0.1, 0.15) is 0 Å². The summed E-state index contributed by atoms with van der Waals surface area (Å²) in [4.78, 5) is 13.3. The zero-order chi connectivity index (χ0) is 20.4. The van der Waals surface area contributed by atoms with E-state index in [1.54, 1.807) is 4.68 Å². The highest BCUT2D eigenvalue weighted by Crippen LogP contribution is 2.46. The van der Waals surface area contributed by atoms with Gasteiger partial charge in [-0.2, -0.15) is 5.10 Å². The molecule has 4 rings (SSSR count). The van der Waals surface area contributed by atoms with Gasteiger partial charge in [0, 0.05) is 23.5 Å². The molecule has 0 saturated carbocycles. The van der Waals surface area contributed by atoms with E-state index in [4.69, 9.17) is 5.10 Å². The molecule has 2 aromatic carbocycles. The van der Waals surface area contributed by atoms with Crippen molar-refractivity contribution < 1.29 is 4.79 Å². The number of aromatic nitrogens is 2. The minimum Gasteiger partial charge on any atom is -0.273 e. The molecule has 1 aliphatic carbocycles. The summed E-state index contributed by atoms with van der Waals surface area (Å²) in [6.07, 6.45) is 3.50. The topological polar surface area (TPSA) is 34.9 Å². The Kier molecular flexibility index (Phi) is 5.66. The van der Waals surface area contributed by atoms with Crippen LogP contribution in [-0.2, 0) is 6.42 Å². The van der Waals surface area contributed by atoms with Crippen LogP contribution in [0.15, 0.2) is 60.7 Å².